The van der Waals surface area contributed by atoms with E-state index in [0.29, 0.717) is 40.8 Å². The van der Waals surface area contributed by atoms with Gasteiger partial charge in [-0.25, -0.2) is 0 Å². The summed E-state index contributed by atoms with van der Waals surface area (Å²) >= 11 is 0. The zero-order valence-corrected chi connectivity index (χ0v) is 19.8. The van der Waals surface area contributed by atoms with Crippen LogP contribution in [0.1, 0.15) is 33.6 Å². The number of benzene rings is 2. The molecular formula is C26H26N2O7. The van der Waals surface area contributed by atoms with Crippen LogP contribution in [0.25, 0.3) is 0 Å². The van der Waals surface area contributed by atoms with Gasteiger partial charge in [-0.05, 0) is 49.4 Å². The van der Waals surface area contributed by atoms with E-state index in [-0.39, 0.29) is 43.1 Å². The number of Topliss-reactive ketones (excluding diaryl/α,β-unsaturated/α-hetero) is 1. The van der Waals surface area contributed by atoms with Crippen LogP contribution in [0.3, 0.4) is 0 Å². The maximum Gasteiger partial charge on any atom is 0.289 e. The van der Waals surface area contributed by atoms with Crippen molar-refractivity contribution in [2.45, 2.75) is 13.5 Å². The number of hydrogen-bond acceptors (Lipinski definition) is 7. The van der Waals surface area contributed by atoms with Gasteiger partial charge in [0, 0.05) is 25.2 Å². The molecule has 3 aromatic rings. The molecule has 35 heavy (non-hydrogen) atoms. The molecule has 2 heterocycles. The van der Waals surface area contributed by atoms with E-state index in [2.05, 4.69) is 0 Å². The molecule has 0 aliphatic carbocycles. The van der Waals surface area contributed by atoms with Crippen LogP contribution in [-0.2, 0) is 11.3 Å². The van der Waals surface area contributed by atoms with E-state index in [1.807, 2.05) is 6.92 Å². The number of furan rings is 1. The third-order valence-corrected chi connectivity index (χ3v) is 5.64. The molecule has 0 unspecified atom stereocenters. The van der Waals surface area contributed by atoms with Crippen LogP contribution in [0.15, 0.2) is 59.0 Å². The predicted octanol–water partition coefficient (Wildman–Crippen LogP) is 3.57. The zero-order valence-electron chi connectivity index (χ0n) is 19.8. The minimum Gasteiger partial charge on any atom is -0.497 e. The van der Waals surface area contributed by atoms with E-state index in [9.17, 15) is 14.4 Å². The average Bonchev–Trinajstić information content (AvgIpc) is 3.36. The molecule has 182 valence electrons. The van der Waals surface area contributed by atoms with Gasteiger partial charge in [-0.2, -0.15) is 0 Å². The van der Waals surface area contributed by atoms with E-state index in [4.69, 9.17) is 18.6 Å². The van der Waals surface area contributed by atoms with Crippen molar-refractivity contribution in [2.24, 2.45) is 0 Å². The standard InChI is InChI=1S/C26H26N2O7/c1-4-27(2)26(31)24-11-9-20(35-24)14-28-21-12-17(8-10-23(21)34-16-25(28)30)22(29)15-33-19-7-5-6-18(13-19)32-3/h5-13H,4,14-16H2,1-3H3. The van der Waals surface area contributed by atoms with E-state index < -0.39 is 0 Å². The van der Waals surface area contributed by atoms with Crippen LogP contribution in [0.4, 0.5) is 5.69 Å². The Morgan fingerprint density at radius 2 is 1.89 bits per heavy atom. The van der Waals surface area contributed by atoms with Crippen molar-refractivity contribution in [2.75, 3.05) is 38.8 Å². The molecule has 1 aromatic heterocycles. The third kappa shape index (κ3) is 5.29. The normalized spacial score (nSPS) is 12.5. The van der Waals surface area contributed by atoms with Crippen molar-refractivity contribution >= 4 is 23.3 Å². The van der Waals surface area contributed by atoms with Gasteiger partial charge < -0.3 is 23.5 Å². The molecular weight excluding hydrogens is 452 g/mol. The lowest BCUT2D eigenvalue weighted by atomic mass is 10.1. The molecule has 0 spiro atoms. The molecule has 0 fully saturated rings. The first-order valence-corrected chi connectivity index (χ1v) is 11.1. The van der Waals surface area contributed by atoms with E-state index >= 15 is 0 Å². The van der Waals surface area contributed by atoms with Crippen LogP contribution in [0.5, 0.6) is 17.2 Å². The van der Waals surface area contributed by atoms with Crippen LogP contribution >= 0.6 is 0 Å². The quantitative estimate of drug-likeness (QED) is 0.434. The molecule has 9 heteroatoms. The molecule has 0 atom stereocenters. The van der Waals surface area contributed by atoms with Gasteiger partial charge in [0.2, 0.25) is 0 Å². The Hall–Kier alpha value is -4.27. The number of amides is 2. The smallest absolute Gasteiger partial charge is 0.289 e. The average molecular weight is 479 g/mol. The van der Waals surface area contributed by atoms with Crippen molar-refractivity contribution in [1.29, 1.82) is 0 Å². The zero-order chi connectivity index (χ0) is 24.9. The molecule has 2 aromatic carbocycles. The van der Waals surface area contributed by atoms with Gasteiger partial charge in [-0.15, -0.1) is 0 Å². The molecule has 0 saturated carbocycles. The molecule has 0 radical (unpaired) electrons. The highest BCUT2D eigenvalue weighted by Crippen LogP contribution is 2.34. The summed E-state index contributed by atoms with van der Waals surface area (Å²) in [6, 6.07) is 15.1. The highest BCUT2D eigenvalue weighted by molar-refractivity contribution is 6.02. The lowest BCUT2D eigenvalue weighted by molar-refractivity contribution is -0.121. The van der Waals surface area contributed by atoms with Crippen molar-refractivity contribution in [1.82, 2.24) is 4.90 Å². The van der Waals surface area contributed by atoms with Gasteiger partial charge in [0.25, 0.3) is 11.8 Å². The molecule has 1 aliphatic rings. The number of ether oxygens (including phenoxy) is 3. The van der Waals surface area contributed by atoms with Crippen molar-refractivity contribution in [3.8, 4) is 17.2 Å². The summed E-state index contributed by atoms with van der Waals surface area (Å²) in [5.74, 6) is 1.46. The molecule has 4 rings (SSSR count). The van der Waals surface area contributed by atoms with Crippen LogP contribution in [0.2, 0.25) is 0 Å². The first kappa shape index (κ1) is 23.9. The number of fused-ring (bicyclic) bond motifs is 1. The molecule has 9 nitrogen and oxygen atoms in total. The van der Waals surface area contributed by atoms with Gasteiger partial charge in [-0.1, -0.05) is 6.07 Å². The lowest BCUT2D eigenvalue weighted by Crippen LogP contribution is -2.38. The van der Waals surface area contributed by atoms with Crippen molar-refractivity contribution in [3.05, 3.63) is 71.7 Å². The minimum absolute atomic E-state index is 0.0935. The highest BCUT2D eigenvalue weighted by Gasteiger charge is 2.28. The summed E-state index contributed by atoms with van der Waals surface area (Å²) in [5, 5.41) is 0. The second-order valence-corrected chi connectivity index (χ2v) is 7.93. The number of hydrogen-bond donors (Lipinski definition) is 0. The maximum absolute atomic E-state index is 12.8. The SMILES string of the molecule is CCN(C)C(=O)c1ccc(CN2C(=O)COc3ccc(C(=O)COc4cccc(OC)c4)cc32)o1. The van der Waals surface area contributed by atoms with E-state index in [0.717, 1.165) is 0 Å². The van der Waals surface area contributed by atoms with Gasteiger partial charge in [0.1, 0.15) is 23.0 Å². The Kier molecular flexibility index (Phi) is 7.05. The second kappa shape index (κ2) is 10.3. The summed E-state index contributed by atoms with van der Waals surface area (Å²) in [5.41, 5.74) is 0.818. The van der Waals surface area contributed by atoms with Gasteiger partial charge in [0.05, 0.1) is 19.3 Å². The van der Waals surface area contributed by atoms with Crippen LogP contribution in [-0.4, -0.2) is 56.4 Å². The van der Waals surface area contributed by atoms with Gasteiger partial charge in [0.15, 0.2) is 24.8 Å². The number of anilines is 1. The summed E-state index contributed by atoms with van der Waals surface area (Å²) in [7, 11) is 3.24. The Morgan fingerprint density at radius 3 is 2.66 bits per heavy atom. The van der Waals surface area contributed by atoms with Crippen LogP contribution < -0.4 is 19.1 Å². The molecule has 1 aliphatic heterocycles. The number of nitrogens with zero attached hydrogens (tertiary/aromatic N) is 2. The Bertz CT molecular complexity index is 1250. The largest absolute Gasteiger partial charge is 0.497 e. The maximum atomic E-state index is 12.8. The minimum atomic E-state index is -0.287. The summed E-state index contributed by atoms with van der Waals surface area (Å²) in [4.78, 5) is 40.8. The number of ketones is 1. The summed E-state index contributed by atoms with van der Waals surface area (Å²) in [6.45, 7) is 2.18. The number of carbonyl (C=O) groups is 3. The second-order valence-electron chi connectivity index (χ2n) is 7.93. The molecule has 0 N–H and O–H groups in total. The predicted molar refractivity (Wildman–Crippen MR) is 127 cm³/mol. The monoisotopic (exact) mass is 478 g/mol. The first-order valence-electron chi connectivity index (χ1n) is 11.1. The number of carbonyl (C=O) groups excluding carboxylic acids is 3. The fourth-order valence-corrected chi connectivity index (χ4v) is 3.54. The van der Waals surface area contributed by atoms with Crippen molar-refractivity contribution < 1.29 is 33.0 Å². The van der Waals surface area contributed by atoms with Gasteiger partial charge in [-0.3, -0.25) is 19.3 Å². The fraction of sp³-hybridized carbons (Fsp3) is 0.269. The van der Waals surface area contributed by atoms with Gasteiger partial charge >= 0.3 is 0 Å². The fourth-order valence-electron chi connectivity index (χ4n) is 3.54. The molecule has 0 bridgehead atoms. The summed E-state index contributed by atoms with van der Waals surface area (Å²) in [6.07, 6.45) is 0. The number of rotatable bonds is 9. The molecule has 2 amide bonds. The Labute approximate surface area is 202 Å². The highest BCUT2D eigenvalue weighted by atomic mass is 16.5. The van der Waals surface area contributed by atoms with E-state index in [1.54, 1.807) is 68.8 Å². The Balaban J connectivity index is 1.51. The molecule has 0 saturated heterocycles. The first-order chi connectivity index (χ1) is 16.9. The topological polar surface area (TPSA) is 98.5 Å². The lowest BCUT2D eigenvalue weighted by Gasteiger charge is -2.29. The van der Waals surface area contributed by atoms with Crippen molar-refractivity contribution in [3.63, 3.8) is 0 Å². The Morgan fingerprint density at radius 1 is 1.09 bits per heavy atom. The third-order valence-electron chi connectivity index (χ3n) is 5.64. The number of methoxy groups -OCH3 is 1. The van der Waals surface area contributed by atoms with Crippen LogP contribution in [0, 0.1) is 0 Å². The van der Waals surface area contributed by atoms with E-state index in [1.165, 1.54) is 9.80 Å². The summed E-state index contributed by atoms with van der Waals surface area (Å²) < 4.78 is 22.0.